The predicted molar refractivity (Wildman–Crippen MR) is 102 cm³/mol. The van der Waals surface area contributed by atoms with Crippen LogP contribution in [0.15, 0.2) is 0 Å². The van der Waals surface area contributed by atoms with Gasteiger partial charge in [0.25, 0.3) is 0 Å². The van der Waals surface area contributed by atoms with Crippen molar-refractivity contribution in [2.75, 3.05) is 20.7 Å². The molecule has 0 aliphatic heterocycles. The number of hydrogen-bond acceptors (Lipinski definition) is 5. The Bertz CT molecular complexity index is 324. The van der Waals surface area contributed by atoms with Crippen molar-refractivity contribution in [2.45, 2.75) is 103 Å². The number of ether oxygens (including phenoxy) is 1. The first-order valence-electron chi connectivity index (χ1n) is 10.1. The summed E-state index contributed by atoms with van der Waals surface area (Å²) in [6.45, 7) is 4.06. The van der Waals surface area contributed by atoms with E-state index in [4.69, 9.17) is 4.74 Å². The van der Waals surface area contributed by atoms with Gasteiger partial charge in [-0.15, -0.1) is 0 Å². The largest absolute Gasteiger partial charge is 0.464 e. The third kappa shape index (κ3) is 10.2. The molecule has 0 saturated heterocycles. The van der Waals surface area contributed by atoms with Crippen LogP contribution in [0.25, 0.3) is 0 Å². The van der Waals surface area contributed by atoms with Gasteiger partial charge >= 0.3 is 5.97 Å². The molecule has 0 amide bonds. The van der Waals surface area contributed by atoms with Gasteiger partial charge in [0.2, 0.25) is 0 Å². The fourth-order valence-electron chi connectivity index (χ4n) is 2.77. The molecule has 0 aliphatic carbocycles. The van der Waals surface area contributed by atoms with Gasteiger partial charge in [-0.2, -0.15) is 0 Å². The molecule has 0 aromatic rings. The average Bonchev–Trinajstić information content (AvgIpc) is 2.57. The topological polar surface area (TPSA) is 70.0 Å². The van der Waals surface area contributed by atoms with Gasteiger partial charge in [-0.3, -0.25) is 4.90 Å². The Balaban J connectivity index is 3.56. The summed E-state index contributed by atoms with van der Waals surface area (Å²) in [7, 11) is 3.26. The van der Waals surface area contributed by atoms with Gasteiger partial charge in [-0.1, -0.05) is 77.6 Å². The van der Waals surface area contributed by atoms with E-state index in [0.29, 0.717) is 6.61 Å². The van der Waals surface area contributed by atoms with Crippen LogP contribution in [0.5, 0.6) is 0 Å². The van der Waals surface area contributed by atoms with Crippen molar-refractivity contribution < 1.29 is 19.7 Å². The average molecular weight is 360 g/mol. The highest BCUT2D eigenvalue weighted by molar-refractivity contribution is 5.80. The number of aliphatic hydroxyl groups is 2. The highest BCUT2D eigenvalue weighted by Gasteiger charge is 2.43. The fraction of sp³-hybridized carbons (Fsp3) is 0.950. The smallest absolute Gasteiger partial charge is 0.331 e. The van der Waals surface area contributed by atoms with Crippen LogP contribution in [0, 0.1) is 0 Å². The Labute approximate surface area is 154 Å². The van der Waals surface area contributed by atoms with Crippen LogP contribution >= 0.6 is 0 Å². The highest BCUT2D eigenvalue weighted by Crippen LogP contribution is 2.18. The summed E-state index contributed by atoms with van der Waals surface area (Å²) in [5.41, 5.74) is -1.42. The fourth-order valence-corrected chi connectivity index (χ4v) is 2.77. The van der Waals surface area contributed by atoms with Gasteiger partial charge in [0, 0.05) is 0 Å². The Hall–Kier alpha value is -0.650. The summed E-state index contributed by atoms with van der Waals surface area (Å²) in [6.07, 6.45) is 13.3. The lowest BCUT2D eigenvalue weighted by Gasteiger charge is -2.35. The standard InChI is InChI=1S/C20H41NO4/c1-5-6-7-8-9-10-11-12-13-14-15-16-17-25-19(24)20(2,18(22)23)21(3)4/h18,22-23H,5-17H2,1-4H3. The Morgan fingerprint density at radius 1 is 0.880 bits per heavy atom. The van der Waals surface area contributed by atoms with Crippen molar-refractivity contribution in [2.24, 2.45) is 0 Å². The van der Waals surface area contributed by atoms with Gasteiger partial charge in [0.1, 0.15) is 0 Å². The molecule has 0 aliphatic rings. The third-order valence-corrected chi connectivity index (χ3v) is 5.08. The summed E-state index contributed by atoms with van der Waals surface area (Å²) in [4.78, 5) is 13.5. The van der Waals surface area contributed by atoms with Gasteiger partial charge in [0.15, 0.2) is 11.8 Å². The molecule has 0 spiro atoms. The molecule has 5 heteroatoms. The minimum atomic E-state index is -1.77. The Morgan fingerprint density at radius 3 is 1.64 bits per heavy atom. The van der Waals surface area contributed by atoms with Crippen LogP contribution in [0.2, 0.25) is 0 Å². The van der Waals surface area contributed by atoms with Crippen molar-refractivity contribution in [3.8, 4) is 0 Å². The van der Waals surface area contributed by atoms with E-state index in [1.807, 2.05) is 0 Å². The lowest BCUT2D eigenvalue weighted by atomic mass is 10.0. The van der Waals surface area contributed by atoms with Crippen molar-refractivity contribution >= 4 is 5.97 Å². The van der Waals surface area contributed by atoms with E-state index >= 15 is 0 Å². The maximum atomic E-state index is 12.1. The number of hydrogen-bond donors (Lipinski definition) is 2. The number of carbonyl (C=O) groups is 1. The zero-order valence-electron chi connectivity index (χ0n) is 16.9. The Kier molecular flexibility index (Phi) is 14.1. The molecule has 0 aromatic carbocycles. The lowest BCUT2D eigenvalue weighted by Crippen LogP contribution is -2.58. The first-order valence-corrected chi connectivity index (χ1v) is 10.1. The molecular weight excluding hydrogens is 318 g/mol. The van der Waals surface area contributed by atoms with Crippen LogP contribution < -0.4 is 0 Å². The van der Waals surface area contributed by atoms with Gasteiger partial charge in [-0.05, 0) is 27.4 Å². The minimum absolute atomic E-state index is 0.340. The summed E-state index contributed by atoms with van der Waals surface area (Å²) < 4.78 is 5.22. The van der Waals surface area contributed by atoms with Crippen molar-refractivity contribution in [1.82, 2.24) is 4.90 Å². The number of esters is 1. The minimum Gasteiger partial charge on any atom is -0.464 e. The molecule has 1 atom stereocenters. The zero-order chi connectivity index (χ0) is 19.1. The quantitative estimate of drug-likeness (QED) is 0.249. The summed E-state index contributed by atoms with van der Waals surface area (Å²) in [5, 5.41) is 18.9. The maximum Gasteiger partial charge on any atom is 0.331 e. The number of rotatable bonds is 16. The molecule has 0 rings (SSSR count). The van der Waals surface area contributed by atoms with Crippen LogP contribution in [0.1, 0.15) is 90.9 Å². The molecule has 1 unspecified atom stereocenters. The van der Waals surface area contributed by atoms with Crippen LogP contribution in [-0.2, 0) is 9.53 Å². The van der Waals surface area contributed by atoms with E-state index in [2.05, 4.69) is 6.92 Å². The number of unbranched alkanes of at least 4 members (excludes halogenated alkanes) is 11. The zero-order valence-corrected chi connectivity index (χ0v) is 16.9. The molecule has 0 saturated carbocycles. The number of aliphatic hydroxyl groups excluding tert-OH is 1. The third-order valence-electron chi connectivity index (χ3n) is 5.08. The second-order valence-electron chi connectivity index (χ2n) is 7.44. The lowest BCUT2D eigenvalue weighted by molar-refractivity contribution is -0.185. The SMILES string of the molecule is CCCCCCCCCCCCCCOC(=O)C(C)(C(O)O)N(C)C. The first-order chi connectivity index (χ1) is 11.9. The van der Waals surface area contributed by atoms with Crippen molar-refractivity contribution in [3.05, 3.63) is 0 Å². The van der Waals surface area contributed by atoms with Gasteiger partial charge in [-0.25, -0.2) is 4.79 Å². The molecule has 5 nitrogen and oxygen atoms in total. The van der Waals surface area contributed by atoms with Crippen molar-refractivity contribution in [3.63, 3.8) is 0 Å². The second-order valence-corrected chi connectivity index (χ2v) is 7.44. The van der Waals surface area contributed by atoms with Crippen molar-refractivity contribution in [1.29, 1.82) is 0 Å². The highest BCUT2D eigenvalue weighted by atomic mass is 16.5. The maximum absolute atomic E-state index is 12.1. The number of nitrogens with zero attached hydrogens (tertiary/aromatic N) is 1. The summed E-state index contributed by atoms with van der Waals surface area (Å²) in [6, 6.07) is 0. The van der Waals surface area contributed by atoms with E-state index in [0.717, 1.165) is 12.8 Å². The molecule has 25 heavy (non-hydrogen) atoms. The van der Waals surface area contributed by atoms with E-state index < -0.39 is 17.8 Å². The summed E-state index contributed by atoms with van der Waals surface area (Å²) in [5.74, 6) is -0.587. The van der Waals surface area contributed by atoms with E-state index in [9.17, 15) is 15.0 Å². The first kappa shape index (κ1) is 24.4. The predicted octanol–water partition coefficient (Wildman–Crippen LogP) is 3.86. The number of likely N-dealkylation sites (N-methyl/N-ethyl adjacent to an activating group) is 1. The molecular formula is C20H41NO4. The van der Waals surface area contributed by atoms with E-state index in [1.165, 1.54) is 76.0 Å². The van der Waals surface area contributed by atoms with Crippen LogP contribution in [0.4, 0.5) is 0 Å². The molecule has 150 valence electrons. The normalized spacial score (nSPS) is 14.1. The molecule has 2 N–H and O–H groups in total. The summed E-state index contributed by atoms with van der Waals surface area (Å²) >= 11 is 0. The molecule has 0 radical (unpaired) electrons. The van der Waals surface area contributed by atoms with Crippen LogP contribution in [-0.4, -0.2) is 53.6 Å². The number of carbonyl (C=O) groups excluding carboxylic acids is 1. The monoisotopic (exact) mass is 359 g/mol. The Morgan fingerprint density at radius 2 is 1.28 bits per heavy atom. The molecule has 0 bridgehead atoms. The van der Waals surface area contributed by atoms with Gasteiger partial charge in [0.05, 0.1) is 6.61 Å². The van der Waals surface area contributed by atoms with Crippen LogP contribution in [0.3, 0.4) is 0 Å². The second kappa shape index (κ2) is 14.5. The molecule has 0 fully saturated rings. The van der Waals surface area contributed by atoms with E-state index in [1.54, 1.807) is 14.1 Å². The molecule has 0 aromatic heterocycles. The van der Waals surface area contributed by atoms with Gasteiger partial charge < -0.3 is 14.9 Å². The molecule has 0 heterocycles. The van der Waals surface area contributed by atoms with E-state index in [-0.39, 0.29) is 0 Å².